The number of aromatic nitrogens is 2. The average molecular weight is 356 g/mol. The molecule has 0 radical (unpaired) electrons. The number of aromatic amines is 1. The number of nitrogens with zero attached hydrogens (tertiary/aromatic N) is 2. The average Bonchev–Trinajstić information content (AvgIpc) is 2.59. The number of aliphatic imine (C=N–C) groups is 1. The number of hydrogen-bond acceptors (Lipinski definition) is 5. The zero-order valence-corrected chi connectivity index (χ0v) is 15.0. The third-order valence-corrected chi connectivity index (χ3v) is 5.05. The molecule has 1 saturated carbocycles. The van der Waals surface area contributed by atoms with Crippen LogP contribution in [0.25, 0.3) is 5.69 Å². The van der Waals surface area contributed by atoms with E-state index in [1.54, 1.807) is 12.1 Å². The Morgan fingerprint density at radius 1 is 1.23 bits per heavy atom. The fraction of sp³-hybridized carbons (Fsp3) is 0.421. The highest BCUT2D eigenvalue weighted by Gasteiger charge is 2.21. The van der Waals surface area contributed by atoms with Crippen molar-refractivity contribution in [2.75, 3.05) is 0 Å². The second-order valence-electron chi connectivity index (χ2n) is 6.89. The van der Waals surface area contributed by atoms with Crippen LogP contribution in [0.2, 0.25) is 0 Å². The summed E-state index contributed by atoms with van der Waals surface area (Å²) in [6.07, 6.45) is 5.21. The molecule has 0 unspecified atom stereocenters. The maximum absolute atomic E-state index is 12.3. The monoisotopic (exact) mass is 356 g/mol. The SMILES string of the molecule is Cc1ccc(-n2c(O)c(C=N[C@@H]3CCCC[C@H]3N)c(=O)[nH]c2=O)cc1C. The van der Waals surface area contributed by atoms with Crippen LogP contribution in [0.15, 0.2) is 32.8 Å². The van der Waals surface area contributed by atoms with Crippen molar-refractivity contribution < 1.29 is 5.11 Å². The van der Waals surface area contributed by atoms with Gasteiger partial charge in [-0.2, -0.15) is 0 Å². The van der Waals surface area contributed by atoms with Gasteiger partial charge in [-0.15, -0.1) is 0 Å². The molecule has 26 heavy (non-hydrogen) atoms. The van der Waals surface area contributed by atoms with Gasteiger partial charge in [-0.1, -0.05) is 18.9 Å². The van der Waals surface area contributed by atoms with Crippen LogP contribution in [0.1, 0.15) is 42.4 Å². The van der Waals surface area contributed by atoms with Crippen molar-refractivity contribution in [1.29, 1.82) is 0 Å². The fourth-order valence-corrected chi connectivity index (χ4v) is 3.25. The van der Waals surface area contributed by atoms with Crippen molar-refractivity contribution in [2.24, 2.45) is 10.7 Å². The van der Waals surface area contributed by atoms with Crippen LogP contribution in [0, 0.1) is 13.8 Å². The zero-order valence-electron chi connectivity index (χ0n) is 15.0. The first-order chi connectivity index (χ1) is 12.4. The van der Waals surface area contributed by atoms with E-state index in [1.807, 2.05) is 19.9 Å². The van der Waals surface area contributed by atoms with Crippen molar-refractivity contribution in [3.8, 4) is 11.6 Å². The van der Waals surface area contributed by atoms with Crippen LogP contribution >= 0.6 is 0 Å². The maximum atomic E-state index is 12.3. The molecule has 2 atom stereocenters. The van der Waals surface area contributed by atoms with Gasteiger partial charge in [0.25, 0.3) is 5.56 Å². The summed E-state index contributed by atoms with van der Waals surface area (Å²) in [5.41, 5.74) is 7.20. The van der Waals surface area contributed by atoms with Crippen LogP contribution in [0.3, 0.4) is 0 Å². The Balaban J connectivity index is 2.05. The number of aromatic hydroxyl groups is 1. The molecule has 3 rings (SSSR count). The number of nitrogens with one attached hydrogen (secondary N) is 1. The Morgan fingerprint density at radius 2 is 1.96 bits per heavy atom. The molecule has 1 fully saturated rings. The van der Waals surface area contributed by atoms with Crippen molar-refractivity contribution in [3.05, 3.63) is 55.7 Å². The van der Waals surface area contributed by atoms with Crippen LogP contribution < -0.4 is 17.0 Å². The highest BCUT2D eigenvalue weighted by atomic mass is 16.3. The molecule has 7 heteroatoms. The number of hydrogen-bond donors (Lipinski definition) is 3. The molecule has 0 saturated heterocycles. The molecule has 0 amide bonds. The third kappa shape index (κ3) is 3.48. The quantitative estimate of drug-likeness (QED) is 0.724. The number of nitrogens with two attached hydrogens (primary N) is 1. The molecule has 0 spiro atoms. The van der Waals surface area contributed by atoms with Gasteiger partial charge in [0.1, 0.15) is 5.56 Å². The number of benzene rings is 1. The molecule has 1 heterocycles. The molecule has 1 aromatic heterocycles. The second-order valence-corrected chi connectivity index (χ2v) is 6.89. The highest BCUT2D eigenvalue weighted by molar-refractivity contribution is 5.82. The van der Waals surface area contributed by atoms with E-state index < -0.39 is 17.1 Å². The van der Waals surface area contributed by atoms with E-state index >= 15 is 0 Å². The minimum atomic E-state index is -0.692. The molecule has 0 aliphatic heterocycles. The standard InChI is InChI=1S/C19H24N4O3/c1-11-7-8-13(9-12(11)2)23-18(25)14(17(24)22-19(23)26)10-21-16-6-4-3-5-15(16)20/h7-10,15-16,25H,3-6,20H2,1-2H3,(H,22,24,26)/t15-,16-/m1/s1. The molecule has 2 aromatic rings. The van der Waals surface area contributed by atoms with Crippen molar-refractivity contribution in [3.63, 3.8) is 0 Å². The molecular formula is C19H24N4O3. The first kappa shape index (κ1) is 18.1. The Kier molecular flexibility index (Phi) is 5.08. The van der Waals surface area contributed by atoms with Gasteiger partial charge in [-0.3, -0.25) is 14.8 Å². The van der Waals surface area contributed by atoms with E-state index in [1.165, 1.54) is 6.21 Å². The Bertz CT molecular complexity index is 958. The molecule has 4 N–H and O–H groups in total. The lowest BCUT2D eigenvalue weighted by molar-refractivity contribution is 0.387. The van der Waals surface area contributed by atoms with Crippen LogP contribution in [0.5, 0.6) is 5.88 Å². The van der Waals surface area contributed by atoms with Gasteiger partial charge in [0.05, 0.1) is 11.7 Å². The topological polar surface area (TPSA) is 113 Å². The van der Waals surface area contributed by atoms with Gasteiger partial charge in [-0.05, 0) is 49.9 Å². The second kappa shape index (κ2) is 7.29. The summed E-state index contributed by atoms with van der Waals surface area (Å²) < 4.78 is 1.08. The summed E-state index contributed by atoms with van der Waals surface area (Å²) in [6.45, 7) is 3.87. The van der Waals surface area contributed by atoms with Crippen LogP contribution in [-0.2, 0) is 0 Å². The highest BCUT2D eigenvalue weighted by Crippen LogP contribution is 2.21. The smallest absolute Gasteiger partial charge is 0.335 e. The lowest BCUT2D eigenvalue weighted by Crippen LogP contribution is -2.36. The first-order valence-corrected chi connectivity index (χ1v) is 8.83. The Labute approximate surface area is 151 Å². The van der Waals surface area contributed by atoms with Crippen molar-refractivity contribution in [2.45, 2.75) is 51.6 Å². The van der Waals surface area contributed by atoms with E-state index in [-0.39, 0.29) is 17.6 Å². The lowest BCUT2D eigenvalue weighted by Gasteiger charge is -2.24. The fourth-order valence-electron chi connectivity index (χ4n) is 3.25. The van der Waals surface area contributed by atoms with E-state index in [2.05, 4.69) is 9.98 Å². The summed E-state index contributed by atoms with van der Waals surface area (Å²) in [4.78, 5) is 31.1. The molecule has 1 aliphatic carbocycles. The Hall–Kier alpha value is -2.67. The predicted molar refractivity (Wildman–Crippen MR) is 102 cm³/mol. The molecule has 1 aromatic carbocycles. The normalized spacial score (nSPS) is 20.6. The minimum absolute atomic E-state index is 0.0411. The molecule has 1 aliphatic rings. The minimum Gasteiger partial charge on any atom is -0.493 e. The van der Waals surface area contributed by atoms with Crippen LogP contribution in [-0.4, -0.2) is 33.0 Å². The predicted octanol–water partition coefficient (Wildman–Crippen LogP) is 1.54. The summed E-state index contributed by atoms with van der Waals surface area (Å²) in [5, 5.41) is 10.6. The molecule has 7 nitrogen and oxygen atoms in total. The molecule has 138 valence electrons. The van der Waals surface area contributed by atoms with E-state index in [0.717, 1.165) is 41.4 Å². The largest absolute Gasteiger partial charge is 0.493 e. The van der Waals surface area contributed by atoms with E-state index in [4.69, 9.17) is 5.73 Å². The molecule has 0 bridgehead atoms. The first-order valence-electron chi connectivity index (χ1n) is 8.83. The number of rotatable bonds is 3. The van der Waals surface area contributed by atoms with E-state index in [9.17, 15) is 14.7 Å². The lowest BCUT2D eigenvalue weighted by atomic mass is 9.91. The van der Waals surface area contributed by atoms with Gasteiger partial charge in [0.15, 0.2) is 0 Å². The maximum Gasteiger partial charge on any atom is 0.335 e. The van der Waals surface area contributed by atoms with Gasteiger partial charge >= 0.3 is 5.69 Å². The van der Waals surface area contributed by atoms with Crippen molar-refractivity contribution >= 4 is 6.21 Å². The Morgan fingerprint density at radius 3 is 2.65 bits per heavy atom. The summed E-state index contributed by atoms with van der Waals surface area (Å²) in [7, 11) is 0. The van der Waals surface area contributed by atoms with Crippen molar-refractivity contribution in [1.82, 2.24) is 9.55 Å². The number of H-pyrrole nitrogens is 1. The van der Waals surface area contributed by atoms with E-state index in [0.29, 0.717) is 5.69 Å². The number of aryl methyl sites for hydroxylation is 2. The summed E-state index contributed by atoms with van der Waals surface area (Å²) in [5.74, 6) is -0.421. The van der Waals surface area contributed by atoms with Gasteiger partial charge < -0.3 is 10.8 Å². The zero-order chi connectivity index (χ0) is 18.8. The summed E-state index contributed by atoms with van der Waals surface area (Å²) in [6, 6.07) is 5.24. The molecular weight excluding hydrogens is 332 g/mol. The van der Waals surface area contributed by atoms with Gasteiger partial charge in [0.2, 0.25) is 5.88 Å². The third-order valence-electron chi connectivity index (χ3n) is 5.05. The van der Waals surface area contributed by atoms with Gasteiger partial charge in [0, 0.05) is 12.3 Å². The van der Waals surface area contributed by atoms with Crippen LogP contribution in [0.4, 0.5) is 0 Å². The van der Waals surface area contributed by atoms with Gasteiger partial charge in [-0.25, -0.2) is 9.36 Å². The summed E-state index contributed by atoms with van der Waals surface area (Å²) >= 11 is 0.